The molecule has 0 amide bonds. The van der Waals surface area contributed by atoms with Gasteiger partial charge < -0.3 is 29.8 Å². The molecule has 0 saturated heterocycles. The van der Waals surface area contributed by atoms with Crippen molar-refractivity contribution in [2.75, 3.05) is 11.5 Å². The van der Waals surface area contributed by atoms with E-state index < -0.39 is 21.4 Å². The van der Waals surface area contributed by atoms with Crippen LogP contribution in [0.1, 0.15) is 12.8 Å². The van der Waals surface area contributed by atoms with Gasteiger partial charge in [0.05, 0.1) is 0 Å². The maximum Gasteiger partial charge on any atom is 0 e. The summed E-state index contributed by atoms with van der Waals surface area (Å²) in [6, 6.07) is 0. The zero-order valence-corrected chi connectivity index (χ0v) is 20.7. The third kappa shape index (κ3) is 12.4. The van der Waals surface area contributed by atoms with E-state index in [4.69, 9.17) is 6.58 Å². The van der Waals surface area contributed by atoms with E-state index in [1.54, 1.807) is 0 Å². The fraction of sp³-hybridized carbons (Fsp3) is 0.438. The summed E-state index contributed by atoms with van der Waals surface area (Å²) < 4.78 is 39.8. The van der Waals surface area contributed by atoms with Crippen molar-refractivity contribution in [3.05, 3.63) is 55.5 Å². The summed E-state index contributed by atoms with van der Waals surface area (Å²) in [5, 5.41) is 0. The minimum absolute atomic E-state index is 0. The second-order valence-corrected chi connectivity index (χ2v) is 6.95. The zero-order chi connectivity index (χ0) is 16.4. The Morgan fingerprint density at radius 1 is 1.04 bits per heavy atom. The molecule has 3 atom stereocenters. The van der Waals surface area contributed by atoms with Crippen molar-refractivity contribution in [1.82, 2.24) is 0 Å². The van der Waals surface area contributed by atoms with Crippen LogP contribution in [-0.2, 0) is 104 Å². The Morgan fingerprint density at radius 3 is 1.92 bits per heavy atom. The van der Waals surface area contributed by atoms with Crippen molar-refractivity contribution in [2.24, 2.45) is 17.8 Å². The Bertz CT molecular complexity index is 567. The molecule has 1 fully saturated rings. The monoisotopic (exact) mass is 518 g/mol. The van der Waals surface area contributed by atoms with Crippen LogP contribution >= 0.6 is 0 Å². The molecule has 2 radical (unpaired) electrons. The first-order chi connectivity index (χ1) is 10.5. The molecule has 3 aliphatic carbocycles. The SMILES string of the molecule is C1=CCC=C1.O=[S-](=O)CC1[CH-]C2C=CC1C2.[CH-]=CC[S-](=O)=O.[Y].[Y]. The van der Waals surface area contributed by atoms with Crippen molar-refractivity contribution >= 4 is 21.4 Å². The van der Waals surface area contributed by atoms with Gasteiger partial charge in [0.1, 0.15) is 0 Å². The summed E-state index contributed by atoms with van der Waals surface area (Å²) in [7, 11) is -3.87. The molecule has 2 bridgehead atoms. The molecule has 0 heterocycles. The minimum atomic E-state index is -2.00. The van der Waals surface area contributed by atoms with Gasteiger partial charge in [-0.25, -0.2) is 0 Å². The maximum atomic E-state index is 10.4. The summed E-state index contributed by atoms with van der Waals surface area (Å²) >= 11 is 0. The number of allylic oxidation sites excluding steroid dienone is 6. The van der Waals surface area contributed by atoms with Crippen molar-refractivity contribution in [1.29, 1.82) is 0 Å². The molecule has 0 aromatic carbocycles. The van der Waals surface area contributed by atoms with E-state index in [0.29, 0.717) is 23.5 Å². The first kappa shape index (κ1) is 27.3. The molecule has 3 unspecified atom stereocenters. The smallest absolute Gasteiger partial charge is 0 e. The normalized spacial score (nSPS) is 24.5. The molecule has 0 N–H and O–H groups in total. The average molecular weight is 518 g/mol. The van der Waals surface area contributed by atoms with Crippen molar-refractivity contribution in [3.8, 4) is 0 Å². The second kappa shape index (κ2) is 16.3. The quantitative estimate of drug-likeness (QED) is 0.326. The zero-order valence-electron chi connectivity index (χ0n) is 13.4. The van der Waals surface area contributed by atoms with Crippen LogP contribution in [0.25, 0.3) is 0 Å². The summed E-state index contributed by atoms with van der Waals surface area (Å²) in [4.78, 5) is 0. The van der Waals surface area contributed by atoms with Gasteiger partial charge in [-0.3, -0.25) is 6.08 Å². The summed E-state index contributed by atoms with van der Waals surface area (Å²) in [5.41, 5.74) is 0. The van der Waals surface area contributed by atoms with Gasteiger partial charge in [-0.2, -0.15) is 5.92 Å². The van der Waals surface area contributed by atoms with E-state index in [2.05, 4.69) is 42.9 Å². The van der Waals surface area contributed by atoms with Crippen molar-refractivity contribution < 1.29 is 82.3 Å². The second-order valence-electron chi connectivity index (χ2n) is 5.07. The molecule has 0 aliphatic heterocycles. The van der Waals surface area contributed by atoms with Gasteiger partial charge in [0, 0.05) is 65.4 Å². The molecule has 0 aromatic heterocycles. The van der Waals surface area contributed by atoms with E-state index in [-0.39, 0.29) is 71.2 Å². The number of hydrogen-bond acceptors (Lipinski definition) is 6. The fourth-order valence-electron chi connectivity index (χ4n) is 2.48. The molecule has 3 aliphatic rings. The third-order valence-corrected chi connectivity index (χ3v) is 4.53. The maximum absolute atomic E-state index is 10.4. The van der Waals surface area contributed by atoms with Gasteiger partial charge >= 0.3 is 0 Å². The van der Waals surface area contributed by atoms with Crippen LogP contribution < -0.4 is 0 Å². The van der Waals surface area contributed by atoms with E-state index in [0.717, 1.165) is 18.9 Å². The predicted molar refractivity (Wildman–Crippen MR) is 87.5 cm³/mol. The topological polar surface area (TPSA) is 68.3 Å². The average Bonchev–Trinajstić information content (AvgIpc) is 3.19. The molecule has 8 heteroatoms. The fourth-order valence-corrected chi connectivity index (χ4v) is 3.31. The number of hydrogen-bond donors (Lipinski definition) is 0. The Labute approximate surface area is 199 Å². The van der Waals surface area contributed by atoms with Crippen LogP contribution in [-0.4, -0.2) is 11.5 Å². The number of rotatable bonds is 4. The van der Waals surface area contributed by atoms with Crippen LogP contribution in [0.2, 0.25) is 0 Å². The first-order valence-corrected chi connectivity index (χ1v) is 9.51. The molecule has 0 spiro atoms. The third-order valence-electron chi connectivity index (χ3n) is 3.41. The number of fused-ring (bicyclic) bond motifs is 2. The Balaban J connectivity index is 0. The van der Waals surface area contributed by atoms with Crippen LogP contribution in [0, 0.1) is 30.8 Å². The standard InChI is InChI=1S/C8H10O2S.C5H6.C3H4O2S.2Y/c9-11(10)5-8-4-6-1-2-7(8)3-6;1-2-4-5-3-1;1-2-3-6(4)5;;/h1-2,4,6-8H,3,5H2;1-4H,5H2;1-2H,3H2;;/q-2;;-2;;. The molecule has 0 aromatic rings. The van der Waals surface area contributed by atoms with E-state index in [9.17, 15) is 16.8 Å². The van der Waals surface area contributed by atoms with E-state index in [1.807, 2.05) is 0 Å². The van der Waals surface area contributed by atoms with Crippen LogP contribution in [0.3, 0.4) is 0 Å². The van der Waals surface area contributed by atoms with E-state index >= 15 is 0 Å². The largest absolute Gasteiger partial charge is 0.519 e. The minimum Gasteiger partial charge on any atom is -0.519 e. The molecule has 4 nitrogen and oxygen atoms in total. The van der Waals surface area contributed by atoms with Crippen LogP contribution in [0.5, 0.6) is 0 Å². The van der Waals surface area contributed by atoms with Gasteiger partial charge in [0.25, 0.3) is 0 Å². The molecule has 1 saturated carbocycles. The molecule has 24 heavy (non-hydrogen) atoms. The molecular formula is C16H20O4S2Y2-4. The van der Waals surface area contributed by atoms with Gasteiger partial charge in [-0.05, 0) is 6.42 Å². The van der Waals surface area contributed by atoms with Gasteiger partial charge in [-0.1, -0.05) is 75.6 Å². The van der Waals surface area contributed by atoms with Gasteiger partial charge in [0.15, 0.2) is 0 Å². The molecule has 130 valence electrons. The van der Waals surface area contributed by atoms with Gasteiger partial charge in [0.2, 0.25) is 0 Å². The van der Waals surface area contributed by atoms with Gasteiger partial charge in [-0.15, -0.1) is 12.0 Å². The summed E-state index contributed by atoms with van der Waals surface area (Å²) in [5.74, 6) is 1.63. The Morgan fingerprint density at radius 2 is 1.67 bits per heavy atom. The summed E-state index contributed by atoms with van der Waals surface area (Å²) in [6.45, 7) is 4.71. The Kier molecular flexibility index (Phi) is 18.5. The first-order valence-electron chi connectivity index (χ1n) is 7.03. The Hall–Kier alpha value is 1.07. The van der Waals surface area contributed by atoms with Crippen LogP contribution in [0.15, 0.2) is 42.5 Å². The van der Waals surface area contributed by atoms with Crippen molar-refractivity contribution in [2.45, 2.75) is 12.8 Å². The van der Waals surface area contributed by atoms with E-state index in [1.165, 1.54) is 0 Å². The molecule has 3 rings (SSSR count). The van der Waals surface area contributed by atoms with Crippen LogP contribution in [0.4, 0.5) is 0 Å². The molecular weight excluding hydrogens is 498 g/mol. The predicted octanol–water partition coefficient (Wildman–Crippen LogP) is 3.10. The summed E-state index contributed by atoms with van der Waals surface area (Å²) in [6.07, 6.45) is 18.2. The van der Waals surface area contributed by atoms with Crippen molar-refractivity contribution in [3.63, 3.8) is 0 Å².